The van der Waals surface area contributed by atoms with Crippen LogP contribution in [0.3, 0.4) is 0 Å². The third-order valence-corrected chi connectivity index (χ3v) is 3.15. The van der Waals surface area contributed by atoms with Crippen LogP contribution in [0.15, 0.2) is 28.9 Å². The molecule has 0 saturated heterocycles. The number of thiophene rings is 1. The van der Waals surface area contributed by atoms with Crippen molar-refractivity contribution in [3.05, 3.63) is 45.5 Å². The van der Waals surface area contributed by atoms with Crippen molar-refractivity contribution in [2.45, 2.75) is 20.0 Å². The zero-order valence-corrected chi connectivity index (χ0v) is 8.97. The molecule has 0 bridgehead atoms. The number of aliphatic hydroxyl groups excluding tert-OH is 1. The van der Waals surface area contributed by atoms with E-state index in [0.29, 0.717) is 0 Å². The van der Waals surface area contributed by atoms with Crippen LogP contribution >= 0.6 is 11.3 Å². The molecule has 2 rings (SSSR count). The summed E-state index contributed by atoms with van der Waals surface area (Å²) >= 11 is 1.61. The van der Waals surface area contributed by atoms with Crippen LogP contribution in [0.1, 0.15) is 27.2 Å². The predicted molar refractivity (Wildman–Crippen MR) is 56.6 cm³/mol. The molecule has 1 unspecified atom stereocenters. The SMILES string of the molecule is Cc1cc(C(O)c2ccc(C)s2)co1. The van der Waals surface area contributed by atoms with Gasteiger partial charge < -0.3 is 9.52 Å². The summed E-state index contributed by atoms with van der Waals surface area (Å²) in [5.74, 6) is 0.826. The van der Waals surface area contributed by atoms with Crippen molar-refractivity contribution < 1.29 is 9.52 Å². The highest BCUT2D eigenvalue weighted by Crippen LogP contribution is 2.28. The quantitative estimate of drug-likeness (QED) is 0.823. The van der Waals surface area contributed by atoms with E-state index in [4.69, 9.17) is 4.42 Å². The first-order valence-electron chi connectivity index (χ1n) is 4.46. The first-order chi connectivity index (χ1) is 6.66. The molecule has 2 nitrogen and oxygen atoms in total. The third-order valence-electron chi connectivity index (χ3n) is 2.10. The van der Waals surface area contributed by atoms with E-state index in [1.54, 1.807) is 17.6 Å². The number of rotatable bonds is 2. The highest BCUT2D eigenvalue weighted by Gasteiger charge is 2.14. The Bertz CT molecular complexity index is 388. The Balaban J connectivity index is 2.28. The van der Waals surface area contributed by atoms with Crippen molar-refractivity contribution in [1.29, 1.82) is 0 Å². The molecule has 0 saturated carbocycles. The van der Waals surface area contributed by atoms with Crippen LogP contribution < -0.4 is 0 Å². The van der Waals surface area contributed by atoms with Gasteiger partial charge in [0.05, 0.1) is 6.26 Å². The fourth-order valence-electron chi connectivity index (χ4n) is 1.37. The Labute approximate surface area is 86.8 Å². The second-order valence-electron chi connectivity index (χ2n) is 3.34. The smallest absolute Gasteiger partial charge is 0.116 e. The molecule has 3 heteroatoms. The summed E-state index contributed by atoms with van der Waals surface area (Å²) in [5, 5.41) is 9.97. The van der Waals surface area contributed by atoms with Gasteiger partial charge in [0.15, 0.2) is 0 Å². The van der Waals surface area contributed by atoms with Crippen LogP contribution in [0.25, 0.3) is 0 Å². The lowest BCUT2D eigenvalue weighted by Crippen LogP contribution is -1.93. The van der Waals surface area contributed by atoms with Gasteiger partial charge in [-0.1, -0.05) is 0 Å². The molecule has 0 aliphatic rings. The largest absolute Gasteiger partial charge is 0.469 e. The summed E-state index contributed by atoms with van der Waals surface area (Å²) < 4.78 is 5.16. The lowest BCUT2D eigenvalue weighted by atomic mass is 10.1. The van der Waals surface area contributed by atoms with E-state index in [2.05, 4.69) is 0 Å². The van der Waals surface area contributed by atoms with Gasteiger partial charge in [0.25, 0.3) is 0 Å². The summed E-state index contributed by atoms with van der Waals surface area (Å²) in [6.45, 7) is 3.90. The molecule has 14 heavy (non-hydrogen) atoms. The minimum absolute atomic E-state index is 0.550. The van der Waals surface area contributed by atoms with Crippen molar-refractivity contribution in [2.24, 2.45) is 0 Å². The molecule has 2 heterocycles. The summed E-state index contributed by atoms with van der Waals surface area (Å²) in [5.41, 5.74) is 0.823. The molecule has 2 aromatic rings. The Morgan fingerprint density at radius 2 is 2.14 bits per heavy atom. The maximum Gasteiger partial charge on any atom is 0.116 e. The zero-order valence-electron chi connectivity index (χ0n) is 8.15. The average Bonchev–Trinajstić information content (AvgIpc) is 2.73. The van der Waals surface area contributed by atoms with E-state index in [-0.39, 0.29) is 0 Å². The Morgan fingerprint density at radius 1 is 1.36 bits per heavy atom. The number of aliphatic hydroxyl groups is 1. The fourth-order valence-corrected chi connectivity index (χ4v) is 2.26. The van der Waals surface area contributed by atoms with E-state index >= 15 is 0 Å². The highest BCUT2D eigenvalue weighted by atomic mass is 32.1. The summed E-state index contributed by atoms with van der Waals surface area (Å²) in [7, 11) is 0. The Morgan fingerprint density at radius 3 is 2.64 bits per heavy atom. The number of furan rings is 1. The molecular weight excluding hydrogens is 196 g/mol. The zero-order chi connectivity index (χ0) is 10.1. The fraction of sp³-hybridized carbons (Fsp3) is 0.273. The molecule has 0 amide bonds. The van der Waals surface area contributed by atoms with Gasteiger partial charge in [-0.25, -0.2) is 0 Å². The van der Waals surface area contributed by atoms with E-state index in [9.17, 15) is 5.11 Å². The van der Waals surface area contributed by atoms with Gasteiger partial charge in [0.2, 0.25) is 0 Å². The van der Waals surface area contributed by atoms with Gasteiger partial charge in [-0.15, -0.1) is 11.3 Å². The van der Waals surface area contributed by atoms with Crippen molar-refractivity contribution in [2.75, 3.05) is 0 Å². The predicted octanol–water partition coefficient (Wildman–Crippen LogP) is 3.04. The summed E-state index contributed by atoms with van der Waals surface area (Å²) in [6.07, 6.45) is 1.06. The second-order valence-corrected chi connectivity index (χ2v) is 4.66. The highest BCUT2D eigenvalue weighted by molar-refractivity contribution is 7.12. The molecule has 0 aliphatic carbocycles. The molecular formula is C11H12O2S. The van der Waals surface area contributed by atoms with Crippen LogP contribution in [0.5, 0.6) is 0 Å². The monoisotopic (exact) mass is 208 g/mol. The third kappa shape index (κ3) is 1.74. The van der Waals surface area contributed by atoms with Gasteiger partial charge in [0.1, 0.15) is 11.9 Å². The lowest BCUT2D eigenvalue weighted by Gasteiger charge is -2.03. The van der Waals surface area contributed by atoms with Crippen molar-refractivity contribution >= 4 is 11.3 Å². The number of hydrogen-bond acceptors (Lipinski definition) is 3. The number of aryl methyl sites for hydroxylation is 2. The number of hydrogen-bond donors (Lipinski definition) is 1. The summed E-state index contributed by atoms with van der Waals surface area (Å²) in [4.78, 5) is 2.17. The second kappa shape index (κ2) is 3.59. The van der Waals surface area contributed by atoms with Gasteiger partial charge in [-0.3, -0.25) is 0 Å². The Kier molecular flexibility index (Phi) is 2.44. The molecule has 0 aromatic carbocycles. The molecule has 1 atom stereocenters. The van der Waals surface area contributed by atoms with Crippen molar-refractivity contribution in [3.63, 3.8) is 0 Å². The first kappa shape index (κ1) is 9.49. The maximum atomic E-state index is 9.97. The van der Waals surface area contributed by atoms with Crippen LogP contribution in [0.4, 0.5) is 0 Å². The van der Waals surface area contributed by atoms with E-state index in [1.807, 2.05) is 32.0 Å². The standard InChI is InChI=1S/C11H12O2S/c1-7-5-9(6-13-7)11(12)10-4-3-8(2)14-10/h3-6,11-12H,1-2H3. The van der Waals surface area contributed by atoms with Crippen LogP contribution in [-0.4, -0.2) is 5.11 Å². The summed E-state index contributed by atoms with van der Waals surface area (Å²) in [6, 6.07) is 5.82. The van der Waals surface area contributed by atoms with Gasteiger partial charge in [0, 0.05) is 15.3 Å². The van der Waals surface area contributed by atoms with Crippen LogP contribution in [0, 0.1) is 13.8 Å². The van der Waals surface area contributed by atoms with Gasteiger partial charge in [-0.05, 0) is 32.0 Å². The minimum atomic E-state index is -0.550. The molecule has 0 fully saturated rings. The first-order valence-corrected chi connectivity index (χ1v) is 5.28. The average molecular weight is 208 g/mol. The van der Waals surface area contributed by atoms with Gasteiger partial charge >= 0.3 is 0 Å². The van der Waals surface area contributed by atoms with Gasteiger partial charge in [-0.2, -0.15) is 0 Å². The normalized spacial score (nSPS) is 13.1. The molecule has 2 aromatic heterocycles. The van der Waals surface area contributed by atoms with E-state index in [1.165, 1.54) is 4.88 Å². The molecule has 0 aliphatic heterocycles. The van der Waals surface area contributed by atoms with Crippen LogP contribution in [-0.2, 0) is 0 Å². The lowest BCUT2D eigenvalue weighted by molar-refractivity contribution is 0.223. The van der Waals surface area contributed by atoms with Crippen LogP contribution in [0.2, 0.25) is 0 Å². The van der Waals surface area contributed by atoms with E-state index < -0.39 is 6.10 Å². The molecule has 0 radical (unpaired) electrons. The molecule has 1 N–H and O–H groups in total. The minimum Gasteiger partial charge on any atom is -0.469 e. The van der Waals surface area contributed by atoms with Crippen molar-refractivity contribution in [3.8, 4) is 0 Å². The molecule has 0 spiro atoms. The Hall–Kier alpha value is -1.06. The topological polar surface area (TPSA) is 33.4 Å². The molecule has 74 valence electrons. The maximum absolute atomic E-state index is 9.97. The van der Waals surface area contributed by atoms with Crippen molar-refractivity contribution in [1.82, 2.24) is 0 Å². The van der Waals surface area contributed by atoms with E-state index in [0.717, 1.165) is 16.2 Å².